The van der Waals surface area contributed by atoms with Gasteiger partial charge >= 0.3 is 0 Å². The average Bonchev–Trinajstić information content (AvgIpc) is 3.16. The van der Waals surface area contributed by atoms with Crippen LogP contribution in [0.3, 0.4) is 0 Å². The highest BCUT2D eigenvalue weighted by atomic mass is 16.5. The van der Waals surface area contributed by atoms with Crippen LogP contribution >= 0.6 is 0 Å². The van der Waals surface area contributed by atoms with E-state index in [1.165, 1.54) is 25.2 Å². The summed E-state index contributed by atoms with van der Waals surface area (Å²) in [5.41, 5.74) is 0. The predicted octanol–water partition coefficient (Wildman–Crippen LogP) is 1.24. The Morgan fingerprint density at radius 2 is 2.11 bits per heavy atom. The Balaban J connectivity index is 1.63. The molecule has 0 bridgehead atoms. The Morgan fingerprint density at radius 3 is 2.74 bits per heavy atom. The average molecular weight is 263 g/mol. The van der Waals surface area contributed by atoms with Crippen LogP contribution in [0.5, 0.6) is 5.75 Å². The minimum absolute atomic E-state index is 0.0421. The summed E-state index contributed by atoms with van der Waals surface area (Å²) < 4.78 is 10.6. The summed E-state index contributed by atoms with van der Waals surface area (Å²) >= 11 is 0. The molecular weight excluding hydrogens is 246 g/mol. The first-order chi connectivity index (χ1) is 9.28. The lowest BCUT2D eigenvalue weighted by molar-refractivity contribution is -0.121. The van der Waals surface area contributed by atoms with Crippen LogP contribution in [0.15, 0.2) is 12.4 Å². The summed E-state index contributed by atoms with van der Waals surface area (Å²) in [7, 11) is 1.55. The summed E-state index contributed by atoms with van der Waals surface area (Å²) in [6, 6.07) is 0. The van der Waals surface area contributed by atoms with Crippen LogP contribution in [0.1, 0.15) is 19.3 Å². The van der Waals surface area contributed by atoms with Crippen LogP contribution in [0.2, 0.25) is 0 Å². The smallest absolute Gasteiger partial charge is 0.232 e. The Bertz CT molecular complexity index is 459. The van der Waals surface area contributed by atoms with Gasteiger partial charge in [0.2, 0.25) is 11.9 Å². The van der Waals surface area contributed by atoms with Crippen molar-refractivity contribution in [3.63, 3.8) is 0 Å². The van der Waals surface area contributed by atoms with Gasteiger partial charge in [-0.1, -0.05) is 0 Å². The largest absolute Gasteiger partial charge is 0.494 e. The van der Waals surface area contributed by atoms with Crippen molar-refractivity contribution in [1.29, 1.82) is 0 Å². The summed E-state index contributed by atoms with van der Waals surface area (Å²) in [6.45, 7) is 0.669. The highest BCUT2D eigenvalue weighted by molar-refractivity contribution is 5.91. The zero-order valence-electron chi connectivity index (χ0n) is 10.8. The number of aromatic nitrogens is 2. The highest BCUT2D eigenvalue weighted by Crippen LogP contribution is 2.41. The number of methoxy groups -OCH3 is 1. The molecular formula is C13H17N3O3. The van der Waals surface area contributed by atoms with Gasteiger partial charge in [-0.3, -0.25) is 10.1 Å². The quantitative estimate of drug-likeness (QED) is 0.884. The fourth-order valence-electron chi connectivity index (χ4n) is 2.47. The lowest BCUT2D eigenvalue weighted by Gasteiger charge is -2.16. The number of carbonyl (C=O) groups excluding carboxylic acids is 1. The van der Waals surface area contributed by atoms with Gasteiger partial charge in [0.25, 0.3) is 0 Å². The maximum absolute atomic E-state index is 12.2. The van der Waals surface area contributed by atoms with Crippen LogP contribution < -0.4 is 10.1 Å². The van der Waals surface area contributed by atoms with E-state index in [0.29, 0.717) is 24.2 Å². The minimum atomic E-state index is -0.0711. The zero-order chi connectivity index (χ0) is 13.2. The number of rotatable bonds is 4. The first-order valence-corrected chi connectivity index (χ1v) is 6.56. The van der Waals surface area contributed by atoms with Gasteiger partial charge in [-0.2, -0.15) is 0 Å². The van der Waals surface area contributed by atoms with Crippen LogP contribution in [0.25, 0.3) is 0 Å². The Hall–Kier alpha value is -1.69. The fraction of sp³-hybridized carbons (Fsp3) is 0.615. The van der Waals surface area contributed by atoms with E-state index >= 15 is 0 Å². The molecule has 102 valence electrons. The second-order valence-corrected chi connectivity index (χ2v) is 5.00. The number of hydrogen-bond donors (Lipinski definition) is 1. The molecule has 2 heterocycles. The molecule has 1 aromatic heterocycles. The van der Waals surface area contributed by atoms with E-state index in [4.69, 9.17) is 9.47 Å². The van der Waals surface area contributed by atoms with Gasteiger partial charge in [-0.05, 0) is 25.2 Å². The molecule has 6 heteroatoms. The van der Waals surface area contributed by atoms with Crippen molar-refractivity contribution < 1.29 is 14.3 Å². The van der Waals surface area contributed by atoms with Crippen LogP contribution in [-0.4, -0.2) is 35.7 Å². The lowest BCUT2D eigenvalue weighted by Crippen LogP contribution is -2.31. The van der Waals surface area contributed by atoms with Crippen molar-refractivity contribution in [2.45, 2.75) is 25.4 Å². The highest BCUT2D eigenvalue weighted by Gasteiger charge is 2.43. The standard InChI is InChI=1S/C13H17N3O3/c1-18-9-6-14-13(15-7-9)16-12(17)10-4-5-19-11(10)8-2-3-8/h6-8,10-11H,2-5H2,1H3,(H,14,15,16,17)/t10-,11+/m1/s1. The van der Waals surface area contributed by atoms with Gasteiger partial charge in [0.05, 0.1) is 31.5 Å². The van der Waals surface area contributed by atoms with E-state index in [9.17, 15) is 4.79 Å². The third-order valence-electron chi connectivity index (χ3n) is 3.66. The first kappa shape index (κ1) is 12.3. The number of hydrogen-bond acceptors (Lipinski definition) is 5. The van der Waals surface area contributed by atoms with Crippen molar-refractivity contribution in [3.8, 4) is 5.75 Å². The van der Waals surface area contributed by atoms with Crippen molar-refractivity contribution >= 4 is 11.9 Å². The molecule has 2 aliphatic rings. The molecule has 2 fully saturated rings. The summed E-state index contributed by atoms with van der Waals surface area (Å²) in [5, 5.41) is 2.75. The Kier molecular flexibility index (Phi) is 3.33. The van der Waals surface area contributed by atoms with Gasteiger partial charge in [0.1, 0.15) is 0 Å². The minimum Gasteiger partial charge on any atom is -0.494 e. The number of nitrogens with one attached hydrogen (secondary N) is 1. The molecule has 0 aromatic carbocycles. The molecule has 1 N–H and O–H groups in total. The Labute approximate surface area is 111 Å². The molecule has 1 saturated heterocycles. The molecule has 1 aromatic rings. The van der Waals surface area contributed by atoms with Crippen molar-refractivity contribution in [2.24, 2.45) is 11.8 Å². The summed E-state index contributed by atoms with van der Waals surface area (Å²) in [4.78, 5) is 20.3. The van der Waals surface area contributed by atoms with Gasteiger partial charge in [0.15, 0.2) is 5.75 Å². The lowest BCUT2D eigenvalue weighted by atomic mass is 9.97. The molecule has 19 heavy (non-hydrogen) atoms. The molecule has 6 nitrogen and oxygen atoms in total. The SMILES string of the molecule is COc1cnc(NC(=O)[C@@H]2CCO[C@H]2C2CC2)nc1. The molecule has 1 aliphatic heterocycles. The molecule has 1 aliphatic carbocycles. The van der Waals surface area contributed by atoms with Crippen LogP contribution in [0, 0.1) is 11.8 Å². The van der Waals surface area contributed by atoms with Gasteiger partial charge in [-0.15, -0.1) is 0 Å². The second-order valence-electron chi connectivity index (χ2n) is 5.00. The van der Waals surface area contributed by atoms with E-state index in [1.807, 2.05) is 0 Å². The van der Waals surface area contributed by atoms with Gasteiger partial charge in [-0.25, -0.2) is 9.97 Å². The van der Waals surface area contributed by atoms with E-state index in [2.05, 4.69) is 15.3 Å². The monoisotopic (exact) mass is 263 g/mol. The summed E-state index contributed by atoms with van der Waals surface area (Å²) in [6.07, 6.45) is 6.28. The van der Waals surface area contributed by atoms with E-state index in [1.54, 1.807) is 7.11 Å². The van der Waals surface area contributed by atoms with E-state index < -0.39 is 0 Å². The topological polar surface area (TPSA) is 73.3 Å². The number of nitrogens with zero attached hydrogens (tertiary/aromatic N) is 2. The molecule has 1 saturated carbocycles. The first-order valence-electron chi connectivity index (χ1n) is 6.56. The zero-order valence-corrected chi connectivity index (χ0v) is 10.8. The van der Waals surface area contributed by atoms with Crippen molar-refractivity contribution in [1.82, 2.24) is 9.97 Å². The maximum atomic E-state index is 12.2. The normalized spacial score (nSPS) is 26.2. The second kappa shape index (κ2) is 5.13. The molecule has 1 amide bonds. The van der Waals surface area contributed by atoms with Crippen LogP contribution in [0.4, 0.5) is 5.95 Å². The molecule has 3 rings (SSSR count). The Morgan fingerprint density at radius 1 is 1.37 bits per heavy atom. The van der Waals surface area contributed by atoms with Crippen molar-refractivity contribution in [2.75, 3.05) is 19.0 Å². The number of anilines is 1. The van der Waals surface area contributed by atoms with Crippen molar-refractivity contribution in [3.05, 3.63) is 12.4 Å². The van der Waals surface area contributed by atoms with Gasteiger partial charge in [0, 0.05) is 6.61 Å². The van der Waals surface area contributed by atoms with Crippen LogP contribution in [-0.2, 0) is 9.53 Å². The molecule has 0 spiro atoms. The van der Waals surface area contributed by atoms with Gasteiger partial charge < -0.3 is 9.47 Å². The number of carbonyl (C=O) groups is 1. The predicted molar refractivity (Wildman–Crippen MR) is 67.8 cm³/mol. The molecule has 0 unspecified atom stereocenters. The third kappa shape index (κ3) is 2.68. The van der Waals surface area contributed by atoms with E-state index in [-0.39, 0.29) is 17.9 Å². The number of amides is 1. The third-order valence-corrected chi connectivity index (χ3v) is 3.66. The molecule has 0 radical (unpaired) electrons. The number of ether oxygens (including phenoxy) is 2. The fourth-order valence-corrected chi connectivity index (χ4v) is 2.47. The summed E-state index contributed by atoms with van der Waals surface area (Å²) in [5.74, 6) is 1.33. The maximum Gasteiger partial charge on any atom is 0.232 e. The molecule has 2 atom stereocenters. The van der Waals surface area contributed by atoms with E-state index in [0.717, 1.165) is 6.42 Å².